The van der Waals surface area contributed by atoms with Crippen LogP contribution < -0.4 is 4.74 Å². The first kappa shape index (κ1) is 12.7. The highest BCUT2D eigenvalue weighted by molar-refractivity contribution is 5.68. The zero-order valence-corrected chi connectivity index (χ0v) is 12.3. The number of imidazole rings is 1. The van der Waals surface area contributed by atoms with E-state index in [9.17, 15) is 0 Å². The number of nitrogens with zero attached hydrogens (tertiary/aromatic N) is 2. The monoisotopic (exact) mass is 266 g/mol. The second-order valence-electron chi connectivity index (χ2n) is 5.23. The standard InChI is InChI=1S/C17H18N2O/c1-11-5-6-19-10-15(18-17(19)7-11)14-8-13(3)16(20-4)9-12(14)2/h5-10H,1-4H3. The summed E-state index contributed by atoms with van der Waals surface area (Å²) in [4.78, 5) is 4.72. The van der Waals surface area contributed by atoms with Crippen molar-refractivity contribution in [2.75, 3.05) is 7.11 Å². The fourth-order valence-corrected chi connectivity index (χ4v) is 2.50. The van der Waals surface area contributed by atoms with Crippen LogP contribution in [0.15, 0.2) is 36.7 Å². The molecule has 1 aromatic carbocycles. The molecule has 0 saturated carbocycles. The Labute approximate surface area is 118 Å². The van der Waals surface area contributed by atoms with Crippen molar-refractivity contribution in [2.45, 2.75) is 20.8 Å². The number of hydrogen-bond donors (Lipinski definition) is 0. The third kappa shape index (κ3) is 2.05. The van der Waals surface area contributed by atoms with E-state index in [1.54, 1.807) is 7.11 Å². The van der Waals surface area contributed by atoms with Crippen LogP contribution in [-0.2, 0) is 0 Å². The molecule has 0 aliphatic heterocycles. The summed E-state index contributed by atoms with van der Waals surface area (Å²) in [5, 5.41) is 0. The number of hydrogen-bond acceptors (Lipinski definition) is 2. The van der Waals surface area contributed by atoms with Gasteiger partial charge in [0, 0.05) is 18.0 Å². The lowest BCUT2D eigenvalue weighted by Gasteiger charge is -2.09. The first-order valence-corrected chi connectivity index (χ1v) is 6.69. The van der Waals surface area contributed by atoms with Crippen LogP contribution in [0.1, 0.15) is 16.7 Å². The normalized spacial score (nSPS) is 11.0. The number of pyridine rings is 1. The molecule has 3 rings (SSSR count). The van der Waals surface area contributed by atoms with Crippen LogP contribution in [0.25, 0.3) is 16.9 Å². The first-order valence-electron chi connectivity index (χ1n) is 6.69. The largest absolute Gasteiger partial charge is 0.496 e. The van der Waals surface area contributed by atoms with E-state index in [2.05, 4.69) is 55.6 Å². The molecule has 0 unspecified atom stereocenters. The molecule has 0 saturated heterocycles. The first-order chi connectivity index (χ1) is 9.58. The Kier molecular flexibility index (Phi) is 2.97. The lowest BCUT2D eigenvalue weighted by atomic mass is 10.0. The molecule has 102 valence electrons. The summed E-state index contributed by atoms with van der Waals surface area (Å²) in [6, 6.07) is 8.39. The summed E-state index contributed by atoms with van der Waals surface area (Å²) < 4.78 is 7.42. The smallest absolute Gasteiger partial charge is 0.137 e. The zero-order valence-electron chi connectivity index (χ0n) is 12.3. The Balaban J connectivity index is 2.17. The van der Waals surface area contributed by atoms with Crippen LogP contribution in [0.3, 0.4) is 0 Å². The lowest BCUT2D eigenvalue weighted by Crippen LogP contribution is -1.91. The number of ether oxygens (including phenoxy) is 1. The van der Waals surface area contributed by atoms with E-state index in [0.29, 0.717) is 0 Å². The number of aromatic nitrogens is 2. The van der Waals surface area contributed by atoms with Crippen LogP contribution in [0.2, 0.25) is 0 Å². The van der Waals surface area contributed by atoms with Crippen molar-refractivity contribution in [3.63, 3.8) is 0 Å². The van der Waals surface area contributed by atoms with Crippen molar-refractivity contribution in [3.8, 4) is 17.0 Å². The predicted octanol–water partition coefficient (Wildman–Crippen LogP) is 3.94. The van der Waals surface area contributed by atoms with Gasteiger partial charge in [-0.15, -0.1) is 0 Å². The summed E-state index contributed by atoms with van der Waals surface area (Å²) in [5.41, 5.74) is 6.66. The topological polar surface area (TPSA) is 26.5 Å². The van der Waals surface area contributed by atoms with E-state index < -0.39 is 0 Å². The van der Waals surface area contributed by atoms with Crippen molar-refractivity contribution >= 4 is 5.65 Å². The maximum Gasteiger partial charge on any atom is 0.137 e. The Bertz CT molecular complexity index is 787. The maximum atomic E-state index is 5.37. The van der Waals surface area contributed by atoms with Gasteiger partial charge < -0.3 is 9.14 Å². The van der Waals surface area contributed by atoms with Gasteiger partial charge in [-0.25, -0.2) is 4.98 Å². The van der Waals surface area contributed by atoms with Crippen molar-refractivity contribution < 1.29 is 4.74 Å². The van der Waals surface area contributed by atoms with E-state index in [-0.39, 0.29) is 0 Å². The quantitative estimate of drug-likeness (QED) is 0.702. The third-order valence-corrected chi connectivity index (χ3v) is 3.63. The minimum absolute atomic E-state index is 0.922. The van der Waals surface area contributed by atoms with Crippen LogP contribution in [-0.4, -0.2) is 16.5 Å². The van der Waals surface area contributed by atoms with Gasteiger partial charge in [-0.3, -0.25) is 0 Å². The van der Waals surface area contributed by atoms with Gasteiger partial charge in [0.05, 0.1) is 12.8 Å². The molecule has 20 heavy (non-hydrogen) atoms. The molecule has 0 fully saturated rings. The molecule has 2 aromatic heterocycles. The maximum absolute atomic E-state index is 5.37. The molecular formula is C17H18N2O. The van der Waals surface area contributed by atoms with Crippen molar-refractivity contribution in [2.24, 2.45) is 0 Å². The minimum atomic E-state index is 0.922. The number of benzene rings is 1. The highest BCUT2D eigenvalue weighted by atomic mass is 16.5. The van der Waals surface area contributed by atoms with Crippen molar-refractivity contribution in [1.29, 1.82) is 0 Å². The van der Waals surface area contributed by atoms with E-state index in [4.69, 9.17) is 9.72 Å². The van der Waals surface area contributed by atoms with Gasteiger partial charge in [0.2, 0.25) is 0 Å². The molecule has 0 amide bonds. The number of rotatable bonds is 2. The molecular weight excluding hydrogens is 248 g/mol. The average molecular weight is 266 g/mol. The van der Waals surface area contributed by atoms with Crippen molar-refractivity contribution in [1.82, 2.24) is 9.38 Å². The van der Waals surface area contributed by atoms with Gasteiger partial charge in [0.1, 0.15) is 11.4 Å². The molecule has 2 heterocycles. The molecule has 0 radical (unpaired) electrons. The minimum Gasteiger partial charge on any atom is -0.496 e. The molecule has 3 aromatic rings. The Morgan fingerprint density at radius 1 is 1.05 bits per heavy atom. The van der Waals surface area contributed by atoms with Gasteiger partial charge in [-0.2, -0.15) is 0 Å². The van der Waals surface area contributed by atoms with E-state index in [1.165, 1.54) is 11.1 Å². The lowest BCUT2D eigenvalue weighted by molar-refractivity contribution is 0.411. The molecule has 3 heteroatoms. The van der Waals surface area contributed by atoms with Crippen molar-refractivity contribution in [3.05, 3.63) is 53.3 Å². The Morgan fingerprint density at radius 2 is 1.85 bits per heavy atom. The van der Waals surface area contributed by atoms with Crippen LogP contribution >= 0.6 is 0 Å². The molecule has 0 aliphatic carbocycles. The summed E-state index contributed by atoms with van der Waals surface area (Å²) in [6.07, 6.45) is 4.12. The molecule has 0 spiro atoms. The molecule has 0 N–H and O–H groups in total. The van der Waals surface area contributed by atoms with E-state index in [1.807, 2.05) is 6.20 Å². The molecule has 3 nitrogen and oxygen atoms in total. The summed E-state index contributed by atoms with van der Waals surface area (Å²) >= 11 is 0. The third-order valence-electron chi connectivity index (χ3n) is 3.63. The second kappa shape index (κ2) is 4.67. The van der Waals surface area contributed by atoms with Crippen LogP contribution in [0, 0.1) is 20.8 Å². The number of methoxy groups -OCH3 is 1. The summed E-state index contributed by atoms with van der Waals surface area (Å²) in [6.45, 7) is 6.23. The second-order valence-corrected chi connectivity index (χ2v) is 5.23. The number of aryl methyl sites for hydroxylation is 3. The van der Waals surface area contributed by atoms with Crippen LogP contribution in [0.5, 0.6) is 5.75 Å². The van der Waals surface area contributed by atoms with Gasteiger partial charge in [-0.1, -0.05) is 0 Å². The fourth-order valence-electron chi connectivity index (χ4n) is 2.50. The highest BCUT2D eigenvalue weighted by Crippen LogP contribution is 2.29. The Hall–Kier alpha value is -2.29. The van der Waals surface area contributed by atoms with Crippen LogP contribution in [0.4, 0.5) is 0 Å². The summed E-state index contributed by atoms with van der Waals surface area (Å²) in [7, 11) is 1.70. The van der Waals surface area contributed by atoms with Gasteiger partial charge >= 0.3 is 0 Å². The Morgan fingerprint density at radius 3 is 2.60 bits per heavy atom. The van der Waals surface area contributed by atoms with Gasteiger partial charge in [-0.05, 0) is 61.7 Å². The molecule has 0 bridgehead atoms. The van der Waals surface area contributed by atoms with E-state index >= 15 is 0 Å². The van der Waals surface area contributed by atoms with E-state index in [0.717, 1.165) is 28.2 Å². The molecule has 0 aliphatic rings. The van der Waals surface area contributed by atoms with Gasteiger partial charge in [0.25, 0.3) is 0 Å². The summed E-state index contributed by atoms with van der Waals surface area (Å²) in [5.74, 6) is 0.922. The average Bonchev–Trinajstić information content (AvgIpc) is 2.83. The SMILES string of the molecule is COc1cc(C)c(-c2cn3ccc(C)cc3n2)cc1C. The van der Waals surface area contributed by atoms with Gasteiger partial charge in [0.15, 0.2) is 0 Å². The highest BCUT2D eigenvalue weighted by Gasteiger charge is 2.10. The number of fused-ring (bicyclic) bond motifs is 1. The predicted molar refractivity (Wildman–Crippen MR) is 81.4 cm³/mol. The molecule has 0 atom stereocenters. The zero-order chi connectivity index (χ0) is 14.3. The fraction of sp³-hybridized carbons (Fsp3) is 0.235.